The van der Waals surface area contributed by atoms with Gasteiger partial charge in [0.15, 0.2) is 0 Å². The molecule has 0 aliphatic rings. The number of carbonyl (C=O) groups excluding carboxylic acids is 2. The second-order valence-electron chi connectivity index (χ2n) is 6.61. The Hall–Kier alpha value is -3.49. The molecule has 0 aliphatic carbocycles. The molecule has 2 aromatic carbocycles. The number of benzene rings is 2. The van der Waals surface area contributed by atoms with Crippen molar-refractivity contribution in [2.75, 3.05) is 17.7 Å². The molecule has 2 heterocycles. The summed E-state index contributed by atoms with van der Waals surface area (Å²) in [6.07, 6.45) is 0.134. The number of ether oxygens (including phenoxy) is 1. The molecule has 0 bridgehead atoms. The van der Waals surface area contributed by atoms with Crippen molar-refractivity contribution in [2.24, 2.45) is 0 Å². The molecule has 0 saturated heterocycles. The predicted molar refractivity (Wildman–Crippen MR) is 125 cm³/mol. The number of carbonyl (C=O) groups is 2. The zero-order valence-electron chi connectivity index (χ0n) is 16.6. The summed E-state index contributed by atoms with van der Waals surface area (Å²) in [6.45, 7) is 0. The van der Waals surface area contributed by atoms with Crippen molar-refractivity contribution in [1.82, 2.24) is 4.98 Å². The van der Waals surface area contributed by atoms with Gasteiger partial charge in [0, 0.05) is 22.0 Å². The molecule has 2 aromatic heterocycles. The van der Waals surface area contributed by atoms with Gasteiger partial charge in [-0.1, -0.05) is 12.1 Å². The van der Waals surface area contributed by atoms with Gasteiger partial charge in [0.1, 0.15) is 10.8 Å². The summed E-state index contributed by atoms with van der Waals surface area (Å²) >= 11 is 3.12. The van der Waals surface area contributed by atoms with Crippen LogP contribution in [0.4, 0.5) is 11.4 Å². The SMILES string of the molecule is COc1ccc(NC(=O)c2ccccc2NC(=O)Cc2csc(-c3ccsc3)n2)cc1. The van der Waals surface area contributed by atoms with Gasteiger partial charge in [0.25, 0.3) is 5.91 Å². The van der Waals surface area contributed by atoms with Gasteiger partial charge >= 0.3 is 0 Å². The normalized spacial score (nSPS) is 10.5. The molecule has 156 valence electrons. The molecule has 6 nitrogen and oxygen atoms in total. The van der Waals surface area contributed by atoms with E-state index in [1.807, 2.05) is 22.2 Å². The monoisotopic (exact) mass is 449 g/mol. The third kappa shape index (κ3) is 5.17. The number of nitrogens with zero attached hydrogens (tertiary/aromatic N) is 1. The summed E-state index contributed by atoms with van der Waals surface area (Å²) in [7, 11) is 1.58. The predicted octanol–water partition coefficient (Wildman–Crippen LogP) is 5.31. The van der Waals surface area contributed by atoms with Gasteiger partial charge in [-0.25, -0.2) is 4.98 Å². The fraction of sp³-hybridized carbons (Fsp3) is 0.0870. The number of anilines is 2. The average Bonchev–Trinajstić information content (AvgIpc) is 3.46. The maximum Gasteiger partial charge on any atom is 0.257 e. The minimum atomic E-state index is -0.311. The number of hydrogen-bond acceptors (Lipinski definition) is 6. The number of thiazole rings is 1. The molecule has 4 rings (SSSR count). The van der Waals surface area contributed by atoms with E-state index in [4.69, 9.17) is 4.74 Å². The van der Waals surface area contributed by atoms with Gasteiger partial charge < -0.3 is 15.4 Å². The van der Waals surface area contributed by atoms with Gasteiger partial charge in [-0.2, -0.15) is 11.3 Å². The summed E-state index contributed by atoms with van der Waals surface area (Å²) in [5.41, 5.74) is 3.22. The Morgan fingerprint density at radius 1 is 1.00 bits per heavy atom. The van der Waals surface area contributed by atoms with Crippen LogP contribution >= 0.6 is 22.7 Å². The molecule has 2 amide bonds. The van der Waals surface area contributed by atoms with Crippen LogP contribution in [0.2, 0.25) is 0 Å². The fourth-order valence-electron chi connectivity index (χ4n) is 2.93. The number of para-hydroxylation sites is 1. The average molecular weight is 450 g/mol. The van der Waals surface area contributed by atoms with E-state index >= 15 is 0 Å². The molecule has 0 saturated carbocycles. The Kier molecular flexibility index (Phi) is 6.40. The quantitative estimate of drug-likeness (QED) is 0.400. The molecule has 4 aromatic rings. The van der Waals surface area contributed by atoms with Gasteiger partial charge in [0.05, 0.1) is 30.5 Å². The van der Waals surface area contributed by atoms with E-state index in [0.29, 0.717) is 28.4 Å². The first kappa shape index (κ1) is 20.8. The minimum absolute atomic E-state index is 0.134. The van der Waals surface area contributed by atoms with Crippen LogP contribution in [0.15, 0.2) is 70.7 Å². The van der Waals surface area contributed by atoms with Crippen molar-refractivity contribution in [3.8, 4) is 16.3 Å². The zero-order chi connectivity index (χ0) is 21.6. The van der Waals surface area contributed by atoms with E-state index in [2.05, 4.69) is 15.6 Å². The van der Waals surface area contributed by atoms with Crippen LogP contribution in [0, 0.1) is 0 Å². The molecular weight excluding hydrogens is 430 g/mol. The van der Waals surface area contributed by atoms with Crippen molar-refractivity contribution in [3.63, 3.8) is 0 Å². The lowest BCUT2D eigenvalue weighted by molar-refractivity contribution is -0.115. The number of nitrogens with one attached hydrogen (secondary N) is 2. The van der Waals surface area contributed by atoms with Crippen molar-refractivity contribution in [1.29, 1.82) is 0 Å². The third-order valence-electron chi connectivity index (χ3n) is 4.46. The second kappa shape index (κ2) is 9.55. The second-order valence-corrected chi connectivity index (χ2v) is 8.25. The van der Waals surface area contributed by atoms with Gasteiger partial charge in [0.2, 0.25) is 5.91 Å². The summed E-state index contributed by atoms with van der Waals surface area (Å²) in [6, 6.07) is 16.0. The highest BCUT2D eigenvalue weighted by Crippen LogP contribution is 2.26. The molecule has 8 heteroatoms. The minimum Gasteiger partial charge on any atom is -0.497 e. The van der Waals surface area contributed by atoms with E-state index in [0.717, 1.165) is 10.6 Å². The van der Waals surface area contributed by atoms with Gasteiger partial charge in [-0.3, -0.25) is 9.59 Å². The van der Waals surface area contributed by atoms with Gasteiger partial charge in [-0.05, 0) is 47.8 Å². The molecule has 31 heavy (non-hydrogen) atoms. The van der Waals surface area contributed by atoms with Crippen LogP contribution in [-0.2, 0) is 11.2 Å². The smallest absolute Gasteiger partial charge is 0.257 e. The number of methoxy groups -OCH3 is 1. The van der Waals surface area contributed by atoms with Crippen LogP contribution in [0.5, 0.6) is 5.75 Å². The molecule has 0 spiro atoms. The molecule has 0 fully saturated rings. The molecule has 0 aliphatic heterocycles. The van der Waals surface area contributed by atoms with Crippen LogP contribution in [0.25, 0.3) is 10.6 Å². The Morgan fingerprint density at radius 3 is 2.55 bits per heavy atom. The van der Waals surface area contributed by atoms with Crippen LogP contribution < -0.4 is 15.4 Å². The summed E-state index contributed by atoms with van der Waals surface area (Å²) in [4.78, 5) is 29.9. The number of aromatic nitrogens is 1. The van der Waals surface area contributed by atoms with Gasteiger partial charge in [-0.15, -0.1) is 11.3 Å². The standard InChI is InChI=1S/C23H19N3O3S2/c1-29-18-8-6-16(7-9-18)24-22(28)19-4-2-3-5-20(19)26-21(27)12-17-14-31-23(25-17)15-10-11-30-13-15/h2-11,13-14H,12H2,1H3,(H,24,28)(H,26,27). The van der Waals surface area contributed by atoms with E-state index in [1.54, 1.807) is 67.0 Å². The van der Waals surface area contributed by atoms with Crippen molar-refractivity contribution >= 4 is 45.9 Å². The fourth-order valence-corrected chi connectivity index (χ4v) is 4.46. The van der Waals surface area contributed by atoms with Crippen LogP contribution in [0.3, 0.4) is 0 Å². The van der Waals surface area contributed by atoms with Crippen molar-refractivity contribution in [3.05, 3.63) is 82.0 Å². The summed E-state index contributed by atoms with van der Waals surface area (Å²) < 4.78 is 5.13. The topological polar surface area (TPSA) is 80.3 Å². The number of amides is 2. The highest BCUT2D eigenvalue weighted by Gasteiger charge is 2.15. The van der Waals surface area contributed by atoms with E-state index < -0.39 is 0 Å². The maximum atomic E-state index is 12.8. The van der Waals surface area contributed by atoms with Crippen molar-refractivity contribution < 1.29 is 14.3 Å². The number of hydrogen-bond donors (Lipinski definition) is 2. The van der Waals surface area contributed by atoms with Crippen LogP contribution in [-0.4, -0.2) is 23.9 Å². The van der Waals surface area contributed by atoms with Crippen molar-refractivity contribution in [2.45, 2.75) is 6.42 Å². The third-order valence-corrected chi connectivity index (χ3v) is 6.08. The maximum absolute atomic E-state index is 12.8. The largest absolute Gasteiger partial charge is 0.497 e. The molecule has 2 N–H and O–H groups in total. The Bertz CT molecular complexity index is 1190. The lowest BCUT2D eigenvalue weighted by atomic mass is 10.1. The Labute approximate surface area is 187 Å². The summed E-state index contributed by atoms with van der Waals surface area (Å²) in [5, 5.41) is 12.5. The molecule has 0 atom stereocenters. The Morgan fingerprint density at radius 2 is 1.81 bits per heavy atom. The zero-order valence-corrected chi connectivity index (χ0v) is 18.3. The van der Waals surface area contributed by atoms with E-state index in [9.17, 15) is 9.59 Å². The lowest BCUT2D eigenvalue weighted by Gasteiger charge is -2.11. The van der Waals surface area contributed by atoms with E-state index in [1.165, 1.54) is 11.3 Å². The summed E-state index contributed by atoms with van der Waals surface area (Å²) in [5.74, 6) is 0.163. The molecule has 0 radical (unpaired) electrons. The highest BCUT2D eigenvalue weighted by molar-refractivity contribution is 7.14. The number of rotatable bonds is 7. The molecular formula is C23H19N3O3S2. The number of thiophene rings is 1. The Balaban J connectivity index is 1.43. The van der Waals surface area contributed by atoms with Crippen LogP contribution in [0.1, 0.15) is 16.1 Å². The molecule has 0 unspecified atom stereocenters. The first-order valence-corrected chi connectivity index (χ1v) is 11.3. The first-order chi connectivity index (χ1) is 15.1. The van der Waals surface area contributed by atoms with E-state index in [-0.39, 0.29) is 18.2 Å². The highest BCUT2D eigenvalue weighted by atomic mass is 32.1. The lowest BCUT2D eigenvalue weighted by Crippen LogP contribution is -2.19. The first-order valence-electron chi connectivity index (χ1n) is 9.43.